The van der Waals surface area contributed by atoms with Crippen molar-refractivity contribution in [2.45, 2.75) is 32.2 Å². The Labute approximate surface area is 96.0 Å². The molecule has 1 unspecified atom stereocenters. The van der Waals surface area contributed by atoms with E-state index in [9.17, 15) is 13.2 Å². The predicted molar refractivity (Wildman–Crippen MR) is 59.2 cm³/mol. The van der Waals surface area contributed by atoms with E-state index in [1.165, 1.54) is 11.4 Å². The molecular weight excluding hydrogens is 232 g/mol. The van der Waals surface area contributed by atoms with Crippen LogP contribution >= 0.6 is 0 Å². The highest BCUT2D eigenvalue weighted by Crippen LogP contribution is 2.22. The summed E-state index contributed by atoms with van der Waals surface area (Å²) < 4.78 is 26.4. The Kier molecular flexibility index (Phi) is 4.28. The molecule has 16 heavy (non-hydrogen) atoms. The fraction of sp³-hybridized carbons (Fsp3) is 0.889. The molecule has 1 fully saturated rings. The van der Waals surface area contributed by atoms with Crippen molar-refractivity contribution >= 4 is 16.2 Å². The second kappa shape index (κ2) is 5.11. The highest BCUT2D eigenvalue weighted by Gasteiger charge is 2.40. The number of nitrogens with zero attached hydrogens (tertiary/aromatic N) is 2. The summed E-state index contributed by atoms with van der Waals surface area (Å²) in [4.78, 5) is 10.9. The van der Waals surface area contributed by atoms with Crippen LogP contribution in [0, 0.1) is 0 Å². The highest BCUT2D eigenvalue weighted by atomic mass is 32.2. The highest BCUT2D eigenvalue weighted by molar-refractivity contribution is 7.86. The van der Waals surface area contributed by atoms with Crippen molar-refractivity contribution in [2.75, 3.05) is 20.1 Å². The molecule has 0 aromatic carbocycles. The van der Waals surface area contributed by atoms with Crippen LogP contribution in [0.1, 0.15) is 26.2 Å². The Morgan fingerprint density at radius 2 is 2.19 bits per heavy atom. The normalized spacial score (nSPS) is 22.8. The van der Waals surface area contributed by atoms with Gasteiger partial charge in [0.25, 0.3) is 10.2 Å². The summed E-state index contributed by atoms with van der Waals surface area (Å²) >= 11 is 0. The summed E-state index contributed by atoms with van der Waals surface area (Å²) in [5.74, 6) is -1.06. The Morgan fingerprint density at radius 3 is 2.69 bits per heavy atom. The summed E-state index contributed by atoms with van der Waals surface area (Å²) in [7, 11) is -2.13. The van der Waals surface area contributed by atoms with Crippen LogP contribution in [0.3, 0.4) is 0 Å². The molecule has 1 rings (SSSR count). The van der Waals surface area contributed by atoms with Crippen molar-refractivity contribution in [2.24, 2.45) is 0 Å². The fourth-order valence-corrected chi connectivity index (χ4v) is 3.52. The van der Waals surface area contributed by atoms with Gasteiger partial charge in [-0.15, -0.1) is 0 Å². The number of carboxylic acid groups (broad SMARTS) is 1. The topological polar surface area (TPSA) is 77.9 Å². The number of aliphatic carboxylic acids is 1. The standard InChI is InChI=1S/C9H18N2O4S/c1-3-6-10(2)16(14,15)11-7-4-5-8(11)9(12)13/h8H,3-7H2,1-2H3,(H,12,13). The second-order valence-electron chi connectivity index (χ2n) is 3.94. The van der Waals surface area contributed by atoms with Gasteiger partial charge in [0.05, 0.1) is 0 Å². The van der Waals surface area contributed by atoms with Crippen molar-refractivity contribution in [1.82, 2.24) is 8.61 Å². The molecule has 0 bridgehead atoms. The smallest absolute Gasteiger partial charge is 0.322 e. The number of hydrogen-bond acceptors (Lipinski definition) is 3. The fourth-order valence-electron chi connectivity index (χ4n) is 1.87. The molecule has 1 saturated heterocycles. The average molecular weight is 250 g/mol. The number of carbonyl (C=O) groups is 1. The average Bonchev–Trinajstić information content (AvgIpc) is 2.66. The van der Waals surface area contributed by atoms with Crippen molar-refractivity contribution in [1.29, 1.82) is 0 Å². The summed E-state index contributed by atoms with van der Waals surface area (Å²) in [5, 5.41) is 8.93. The maximum atomic E-state index is 12.0. The molecule has 0 spiro atoms. The molecule has 94 valence electrons. The Bertz CT molecular complexity index is 355. The number of rotatable bonds is 5. The van der Waals surface area contributed by atoms with Gasteiger partial charge in [-0.2, -0.15) is 17.0 Å². The van der Waals surface area contributed by atoms with Gasteiger partial charge in [0.2, 0.25) is 0 Å². The van der Waals surface area contributed by atoms with E-state index in [1.807, 2.05) is 6.92 Å². The molecule has 0 aromatic rings. The molecule has 1 aliphatic rings. The van der Waals surface area contributed by atoms with Gasteiger partial charge in [-0.25, -0.2) is 0 Å². The van der Waals surface area contributed by atoms with Gasteiger partial charge in [-0.1, -0.05) is 6.92 Å². The van der Waals surface area contributed by atoms with Crippen LogP contribution in [0.25, 0.3) is 0 Å². The largest absolute Gasteiger partial charge is 0.480 e. The first-order valence-corrected chi connectivity index (χ1v) is 6.77. The Morgan fingerprint density at radius 1 is 1.56 bits per heavy atom. The first-order valence-electron chi connectivity index (χ1n) is 5.37. The van der Waals surface area contributed by atoms with E-state index in [1.54, 1.807) is 0 Å². The van der Waals surface area contributed by atoms with Gasteiger partial charge in [-0.05, 0) is 19.3 Å². The zero-order valence-electron chi connectivity index (χ0n) is 9.59. The van der Waals surface area contributed by atoms with E-state index in [0.29, 0.717) is 32.4 Å². The van der Waals surface area contributed by atoms with E-state index in [4.69, 9.17) is 5.11 Å². The Hall–Kier alpha value is -0.660. The Balaban J connectivity index is 2.86. The summed E-state index contributed by atoms with van der Waals surface area (Å²) in [6.07, 6.45) is 1.71. The van der Waals surface area contributed by atoms with Crippen molar-refractivity contribution in [3.8, 4) is 0 Å². The van der Waals surface area contributed by atoms with Gasteiger partial charge in [0, 0.05) is 20.1 Å². The molecule has 0 radical (unpaired) electrons. The minimum absolute atomic E-state index is 0.299. The lowest BCUT2D eigenvalue weighted by Crippen LogP contribution is -2.47. The molecule has 1 atom stereocenters. The maximum Gasteiger partial charge on any atom is 0.322 e. The van der Waals surface area contributed by atoms with Gasteiger partial charge < -0.3 is 5.11 Å². The lowest BCUT2D eigenvalue weighted by molar-refractivity contribution is -0.140. The van der Waals surface area contributed by atoms with E-state index < -0.39 is 22.2 Å². The van der Waals surface area contributed by atoms with Gasteiger partial charge in [0.1, 0.15) is 6.04 Å². The molecule has 0 aromatic heterocycles. The van der Waals surface area contributed by atoms with E-state index in [-0.39, 0.29) is 0 Å². The van der Waals surface area contributed by atoms with Crippen LogP contribution in [-0.4, -0.2) is 54.3 Å². The van der Waals surface area contributed by atoms with Gasteiger partial charge in [0.15, 0.2) is 0 Å². The van der Waals surface area contributed by atoms with Crippen LogP contribution in [0.2, 0.25) is 0 Å². The van der Waals surface area contributed by atoms with Crippen LogP contribution in [0.5, 0.6) is 0 Å². The van der Waals surface area contributed by atoms with Gasteiger partial charge in [-0.3, -0.25) is 4.79 Å². The maximum absolute atomic E-state index is 12.0. The quantitative estimate of drug-likeness (QED) is 0.752. The molecule has 0 amide bonds. The van der Waals surface area contributed by atoms with Crippen molar-refractivity contribution in [3.05, 3.63) is 0 Å². The lowest BCUT2D eigenvalue weighted by atomic mass is 10.2. The predicted octanol–water partition coefficient (Wildman–Crippen LogP) is 0.122. The zero-order valence-corrected chi connectivity index (χ0v) is 10.4. The van der Waals surface area contributed by atoms with Crippen molar-refractivity contribution in [3.63, 3.8) is 0 Å². The zero-order chi connectivity index (χ0) is 12.3. The lowest BCUT2D eigenvalue weighted by Gasteiger charge is -2.26. The monoisotopic (exact) mass is 250 g/mol. The molecule has 1 aliphatic heterocycles. The summed E-state index contributed by atoms with van der Waals surface area (Å²) in [6.45, 7) is 2.59. The first-order chi connectivity index (χ1) is 7.41. The first kappa shape index (κ1) is 13.4. The number of carboxylic acids is 1. The van der Waals surface area contributed by atoms with E-state index >= 15 is 0 Å². The van der Waals surface area contributed by atoms with Crippen LogP contribution in [0.15, 0.2) is 0 Å². The molecule has 0 aliphatic carbocycles. The van der Waals surface area contributed by atoms with E-state index in [0.717, 1.165) is 4.31 Å². The van der Waals surface area contributed by atoms with Crippen LogP contribution in [0.4, 0.5) is 0 Å². The summed E-state index contributed by atoms with van der Waals surface area (Å²) in [6, 6.07) is -0.899. The van der Waals surface area contributed by atoms with Crippen LogP contribution in [-0.2, 0) is 15.0 Å². The van der Waals surface area contributed by atoms with Gasteiger partial charge >= 0.3 is 5.97 Å². The molecular formula is C9H18N2O4S. The molecule has 6 nitrogen and oxygen atoms in total. The number of hydrogen-bond donors (Lipinski definition) is 1. The molecule has 0 saturated carbocycles. The van der Waals surface area contributed by atoms with E-state index in [2.05, 4.69) is 0 Å². The third-order valence-corrected chi connectivity index (χ3v) is 4.72. The minimum Gasteiger partial charge on any atom is -0.480 e. The van der Waals surface area contributed by atoms with Crippen molar-refractivity contribution < 1.29 is 18.3 Å². The minimum atomic E-state index is -3.61. The third kappa shape index (κ3) is 2.53. The SMILES string of the molecule is CCCN(C)S(=O)(=O)N1CCCC1C(=O)O. The molecule has 1 N–H and O–H groups in total. The summed E-state index contributed by atoms with van der Waals surface area (Å²) in [5.41, 5.74) is 0. The molecule has 7 heteroatoms. The van der Waals surface area contributed by atoms with Crippen LogP contribution < -0.4 is 0 Å². The second-order valence-corrected chi connectivity index (χ2v) is 5.92. The third-order valence-electron chi connectivity index (χ3n) is 2.72. The molecule has 1 heterocycles.